The zero-order valence-electron chi connectivity index (χ0n) is 12.7. The van der Waals surface area contributed by atoms with E-state index < -0.39 is 0 Å². The molecule has 1 aliphatic heterocycles. The second kappa shape index (κ2) is 7.58. The van der Waals surface area contributed by atoms with Crippen LogP contribution in [-0.2, 0) is 0 Å². The lowest BCUT2D eigenvalue weighted by Gasteiger charge is -2.36. The smallest absolute Gasteiger partial charge is 0.0695 e. The summed E-state index contributed by atoms with van der Waals surface area (Å²) in [6.45, 7) is 7.77. The van der Waals surface area contributed by atoms with Crippen molar-refractivity contribution < 1.29 is 5.11 Å². The third-order valence-electron chi connectivity index (χ3n) is 4.72. The molecule has 1 N–H and O–H groups in total. The molecule has 1 unspecified atom stereocenters. The zero-order valence-corrected chi connectivity index (χ0v) is 12.7. The van der Waals surface area contributed by atoms with Gasteiger partial charge in [-0.05, 0) is 32.9 Å². The van der Waals surface area contributed by atoms with Crippen LogP contribution in [0, 0.1) is 5.92 Å². The maximum Gasteiger partial charge on any atom is 0.0695 e. The third-order valence-corrected chi connectivity index (χ3v) is 4.72. The number of piperazine rings is 1. The average molecular weight is 269 g/mol. The molecular formula is C15H31N3O. The highest BCUT2D eigenvalue weighted by Crippen LogP contribution is 2.28. The number of hydrogen-bond acceptors (Lipinski definition) is 4. The summed E-state index contributed by atoms with van der Waals surface area (Å²) >= 11 is 0. The third kappa shape index (κ3) is 5.03. The maximum absolute atomic E-state index is 10.3. The second-order valence-electron chi connectivity index (χ2n) is 6.56. The molecule has 1 saturated heterocycles. The van der Waals surface area contributed by atoms with Gasteiger partial charge in [0.15, 0.2) is 0 Å². The topological polar surface area (TPSA) is 30.0 Å². The molecule has 0 radical (unpaired) electrons. The Bertz CT molecular complexity index is 246. The van der Waals surface area contributed by atoms with E-state index in [1.165, 1.54) is 32.2 Å². The van der Waals surface area contributed by atoms with E-state index in [4.69, 9.17) is 0 Å². The van der Waals surface area contributed by atoms with Gasteiger partial charge in [0.25, 0.3) is 0 Å². The van der Waals surface area contributed by atoms with Crippen LogP contribution in [0.2, 0.25) is 0 Å². The van der Waals surface area contributed by atoms with E-state index in [9.17, 15) is 5.11 Å². The van der Waals surface area contributed by atoms with Crippen molar-refractivity contribution >= 4 is 0 Å². The van der Waals surface area contributed by atoms with Gasteiger partial charge in [-0.3, -0.25) is 9.80 Å². The van der Waals surface area contributed by atoms with Crippen LogP contribution in [0.3, 0.4) is 0 Å². The number of rotatable bonds is 6. The highest BCUT2D eigenvalue weighted by atomic mass is 16.3. The molecule has 0 spiro atoms. The van der Waals surface area contributed by atoms with Gasteiger partial charge in [0.2, 0.25) is 0 Å². The Morgan fingerprint density at radius 2 is 1.63 bits per heavy atom. The Morgan fingerprint density at radius 1 is 1.05 bits per heavy atom. The van der Waals surface area contributed by atoms with Crippen LogP contribution in [0.5, 0.6) is 0 Å². The summed E-state index contributed by atoms with van der Waals surface area (Å²) in [5.74, 6) is 0.576. The fourth-order valence-corrected chi connectivity index (χ4v) is 3.29. The Kier molecular flexibility index (Phi) is 6.07. The van der Waals surface area contributed by atoms with Crippen molar-refractivity contribution in [2.45, 2.75) is 31.8 Å². The van der Waals surface area contributed by atoms with Crippen LogP contribution < -0.4 is 0 Å². The van der Waals surface area contributed by atoms with Gasteiger partial charge in [0.1, 0.15) is 0 Å². The quantitative estimate of drug-likeness (QED) is 0.769. The predicted octanol–water partition coefficient (Wildman–Crippen LogP) is 0.717. The molecular weight excluding hydrogens is 238 g/mol. The second-order valence-corrected chi connectivity index (χ2v) is 6.56. The highest BCUT2D eigenvalue weighted by molar-refractivity contribution is 4.80. The Morgan fingerprint density at radius 3 is 2.21 bits per heavy atom. The van der Waals surface area contributed by atoms with Gasteiger partial charge < -0.3 is 10.0 Å². The zero-order chi connectivity index (χ0) is 13.7. The Balaban J connectivity index is 1.62. The summed E-state index contributed by atoms with van der Waals surface area (Å²) in [6.07, 6.45) is 5.03. The summed E-state index contributed by atoms with van der Waals surface area (Å²) in [4.78, 5) is 7.24. The van der Waals surface area contributed by atoms with Gasteiger partial charge in [-0.25, -0.2) is 0 Å². The molecule has 0 aromatic heterocycles. The molecule has 112 valence electrons. The van der Waals surface area contributed by atoms with E-state index in [1.807, 2.05) is 0 Å². The van der Waals surface area contributed by atoms with Crippen molar-refractivity contribution in [3.63, 3.8) is 0 Å². The van der Waals surface area contributed by atoms with E-state index in [0.717, 1.165) is 39.3 Å². The van der Waals surface area contributed by atoms with Gasteiger partial charge in [0, 0.05) is 45.8 Å². The molecule has 2 fully saturated rings. The summed E-state index contributed by atoms with van der Waals surface area (Å²) in [6, 6.07) is 0. The van der Waals surface area contributed by atoms with Crippen molar-refractivity contribution in [1.29, 1.82) is 0 Å². The average Bonchev–Trinajstić information content (AvgIpc) is 2.92. The molecule has 1 heterocycles. The highest BCUT2D eigenvalue weighted by Gasteiger charge is 2.26. The van der Waals surface area contributed by atoms with Gasteiger partial charge >= 0.3 is 0 Å². The number of β-amino-alcohol motifs (C(OH)–C–C–N with tert-alkyl or cyclic N) is 1. The largest absolute Gasteiger partial charge is 0.392 e. The molecule has 1 atom stereocenters. The molecule has 0 aromatic carbocycles. The minimum Gasteiger partial charge on any atom is -0.392 e. The SMILES string of the molecule is CN(C)CCN1CCN(CC(O)C2CCCC2)CC1. The van der Waals surface area contributed by atoms with Crippen LogP contribution in [0.25, 0.3) is 0 Å². The minimum atomic E-state index is -0.0872. The number of nitrogens with zero attached hydrogens (tertiary/aromatic N) is 3. The lowest BCUT2D eigenvalue weighted by Crippen LogP contribution is -2.50. The fraction of sp³-hybridized carbons (Fsp3) is 1.00. The normalized spacial score (nSPS) is 25.3. The van der Waals surface area contributed by atoms with E-state index in [1.54, 1.807) is 0 Å². The first-order valence-electron chi connectivity index (χ1n) is 7.92. The summed E-state index contributed by atoms with van der Waals surface area (Å²) in [7, 11) is 4.27. The first kappa shape index (κ1) is 15.2. The monoisotopic (exact) mass is 269 g/mol. The molecule has 4 heteroatoms. The van der Waals surface area contributed by atoms with Crippen molar-refractivity contribution in [1.82, 2.24) is 14.7 Å². The summed E-state index contributed by atoms with van der Waals surface area (Å²) in [5, 5.41) is 10.3. The summed E-state index contributed by atoms with van der Waals surface area (Å²) < 4.78 is 0. The summed E-state index contributed by atoms with van der Waals surface area (Å²) in [5.41, 5.74) is 0. The van der Waals surface area contributed by atoms with E-state index >= 15 is 0 Å². The Hall–Kier alpha value is -0.160. The van der Waals surface area contributed by atoms with Crippen LogP contribution in [0.4, 0.5) is 0 Å². The molecule has 0 aromatic rings. The lowest BCUT2D eigenvalue weighted by atomic mass is 10.0. The van der Waals surface area contributed by atoms with Crippen LogP contribution in [0.15, 0.2) is 0 Å². The molecule has 0 amide bonds. The number of hydrogen-bond donors (Lipinski definition) is 1. The number of likely N-dealkylation sites (N-methyl/N-ethyl adjacent to an activating group) is 1. The van der Waals surface area contributed by atoms with Crippen molar-refractivity contribution in [3.8, 4) is 0 Å². The molecule has 1 aliphatic carbocycles. The molecule has 1 saturated carbocycles. The first-order chi connectivity index (χ1) is 9.15. The van der Waals surface area contributed by atoms with E-state index in [-0.39, 0.29) is 6.10 Å². The molecule has 19 heavy (non-hydrogen) atoms. The van der Waals surface area contributed by atoms with Crippen LogP contribution in [0.1, 0.15) is 25.7 Å². The van der Waals surface area contributed by atoms with E-state index in [0.29, 0.717) is 5.92 Å². The predicted molar refractivity (Wildman–Crippen MR) is 79.4 cm³/mol. The van der Waals surface area contributed by atoms with Crippen LogP contribution >= 0.6 is 0 Å². The maximum atomic E-state index is 10.3. The van der Waals surface area contributed by atoms with Crippen LogP contribution in [-0.4, -0.2) is 85.8 Å². The minimum absolute atomic E-state index is 0.0872. The van der Waals surface area contributed by atoms with Gasteiger partial charge in [-0.2, -0.15) is 0 Å². The molecule has 2 rings (SSSR count). The number of aliphatic hydroxyl groups is 1. The fourth-order valence-electron chi connectivity index (χ4n) is 3.29. The lowest BCUT2D eigenvalue weighted by molar-refractivity contribution is 0.0414. The van der Waals surface area contributed by atoms with E-state index in [2.05, 4.69) is 28.8 Å². The number of aliphatic hydroxyl groups excluding tert-OH is 1. The first-order valence-corrected chi connectivity index (χ1v) is 7.92. The van der Waals surface area contributed by atoms with Crippen molar-refractivity contribution in [2.24, 2.45) is 5.92 Å². The molecule has 2 aliphatic rings. The standard InChI is InChI=1S/C15H31N3O/c1-16(2)7-8-17-9-11-18(12-10-17)13-15(19)14-5-3-4-6-14/h14-15,19H,3-13H2,1-2H3. The Labute approximate surface area is 118 Å². The molecule has 0 bridgehead atoms. The molecule has 4 nitrogen and oxygen atoms in total. The van der Waals surface area contributed by atoms with Gasteiger partial charge in [-0.1, -0.05) is 12.8 Å². The van der Waals surface area contributed by atoms with Crippen molar-refractivity contribution in [3.05, 3.63) is 0 Å². The van der Waals surface area contributed by atoms with Gasteiger partial charge in [0.05, 0.1) is 6.10 Å². The van der Waals surface area contributed by atoms with Gasteiger partial charge in [-0.15, -0.1) is 0 Å². The van der Waals surface area contributed by atoms with Crippen molar-refractivity contribution in [2.75, 3.05) is 59.9 Å².